The molecule has 0 bridgehead atoms. The standard InChI is InChI=1S/C9H4ClN2O/c10-7-4-2-1-3-6(7)9-11-5-8(13)12-9/h1,3-5H. The van der Waals surface area contributed by atoms with Crippen molar-refractivity contribution >= 4 is 29.6 Å². The summed E-state index contributed by atoms with van der Waals surface area (Å²) in [6.07, 6.45) is 1.17. The zero-order valence-corrected chi connectivity index (χ0v) is 7.25. The van der Waals surface area contributed by atoms with Crippen molar-refractivity contribution in [2.75, 3.05) is 0 Å². The monoisotopic (exact) mass is 191 g/mol. The van der Waals surface area contributed by atoms with Crippen LogP contribution >= 0.6 is 11.6 Å². The van der Waals surface area contributed by atoms with Crippen molar-refractivity contribution in [2.24, 2.45) is 9.98 Å². The normalized spacial score (nSPS) is 14.8. The van der Waals surface area contributed by atoms with Crippen molar-refractivity contribution in [3.63, 3.8) is 0 Å². The maximum absolute atomic E-state index is 10.8. The summed E-state index contributed by atoms with van der Waals surface area (Å²) in [6, 6.07) is 7.84. The molecule has 13 heavy (non-hydrogen) atoms. The molecule has 1 heterocycles. The van der Waals surface area contributed by atoms with Gasteiger partial charge in [0.05, 0.1) is 11.2 Å². The highest BCUT2D eigenvalue weighted by Crippen LogP contribution is 2.17. The van der Waals surface area contributed by atoms with Gasteiger partial charge in [-0.05, 0) is 18.2 Å². The average molecular weight is 192 g/mol. The lowest BCUT2D eigenvalue weighted by molar-refractivity contribution is -0.111. The average Bonchev–Trinajstić information content (AvgIpc) is 2.53. The summed E-state index contributed by atoms with van der Waals surface area (Å²) >= 11 is 5.85. The number of carbonyl (C=O) groups is 1. The maximum atomic E-state index is 10.8. The number of amides is 1. The molecule has 1 aliphatic heterocycles. The van der Waals surface area contributed by atoms with E-state index in [1.807, 2.05) is 0 Å². The minimum atomic E-state index is -0.348. The molecule has 0 fully saturated rings. The Bertz CT molecular complexity index is 423. The number of aliphatic imine (C=N–C) groups is 2. The number of amidine groups is 1. The highest BCUT2D eigenvalue weighted by atomic mass is 35.5. The summed E-state index contributed by atoms with van der Waals surface area (Å²) in [5.74, 6) is 0.0166. The van der Waals surface area contributed by atoms with Gasteiger partial charge in [-0.3, -0.25) is 4.79 Å². The molecule has 0 aromatic heterocycles. The summed E-state index contributed by atoms with van der Waals surface area (Å²) in [5.41, 5.74) is 0.655. The van der Waals surface area contributed by atoms with Crippen LogP contribution < -0.4 is 0 Å². The lowest BCUT2D eigenvalue weighted by atomic mass is 10.2. The Morgan fingerprint density at radius 2 is 2.31 bits per heavy atom. The molecule has 1 aliphatic rings. The fraction of sp³-hybridized carbons (Fsp3) is 0. The van der Waals surface area contributed by atoms with Gasteiger partial charge in [-0.1, -0.05) is 17.7 Å². The van der Waals surface area contributed by atoms with Crippen molar-refractivity contribution in [1.82, 2.24) is 0 Å². The molecule has 0 aliphatic carbocycles. The Labute approximate surface area is 79.8 Å². The van der Waals surface area contributed by atoms with Crippen LogP contribution in [0.2, 0.25) is 5.02 Å². The van der Waals surface area contributed by atoms with E-state index >= 15 is 0 Å². The largest absolute Gasteiger partial charge is 0.290 e. The van der Waals surface area contributed by atoms with E-state index in [4.69, 9.17) is 11.6 Å². The molecule has 0 atom stereocenters. The SMILES string of the molecule is O=C1C=NC(c2cc[c]cc2Cl)=N1. The molecular weight excluding hydrogens is 188 g/mol. The van der Waals surface area contributed by atoms with Gasteiger partial charge in [-0.2, -0.15) is 4.99 Å². The molecule has 0 unspecified atom stereocenters. The quantitative estimate of drug-likeness (QED) is 0.663. The topological polar surface area (TPSA) is 41.8 Å². The third kappa shape index (κ3) is 1.51. The first-order valence-electron chi connectivity index (χ1n) is 3.60. The second-order valence-corrected chi connectivity index (χ2v) is 2.84. The highest BCUT2D eigenvalue weighted by Gasteiger charge is 2.12. The predicted octanol–water partition coefficient (Wildman–Crippen LogP) is 1.50. The molecule has 0 spiro atoms. The maximum Gasteiger partial charge on any atom is 0.290 e. The van der Waals surface area contributed by atoms with Gasteiger partial charge < -0.3 is 0 Å². The number of halogens is 1. The summed E-state index contributed by atoms with van der Waals surface area (Å²) in [7, 11) is 0. The number of rotatable bonds is 1. The molecule has 4 heteroatoms. The van der Waals surface area contributed by atoms with Crippen LogP contribution in [0.25, 0.3) is 0 Å². The molecule has 0 N–H and O–H groups in total. The predicted molar refractivity (Wildman–Crippen MR) is 50.3 cm³/mol. The van der Waals surface area contributed by atoms with Crippen molar-refractivity contribution in [3.8, 4) is 0 Å². The lowest BCUT2D eigenvalue weighted by Gasteiger charge is -1.98. The molecule has 0 saturated heterocycles. The van der Waals surface area contributed by atoms with Gasteiger partial charge >= 0.3 is 0 Å². The first-order valence-corrected chi connectivity index (χ1v) is 3.98. The van der Waals surface area contributed by atoms with E-state index in [2.05, 4.69) is 16.1 Å². The molecular formula is C9H4ClN2O. The summed E-state index contributed by atoms with van der Waals surface area (Å²) < 4.78 is 0. The number of benzene rings is 1. The molecule has 3 nitrogen and oxygen atoms in total. The Morgan fingerprint density at radius 3 is 2.92 bits per heavy atom. The van der Waals surface area contributed by atoms with E-state index in [0.717, 1.165) is 0 Å². The summed E-state index contributed by atoms with van der Waals surface area (Å²) in [4.78, 5) is 18.3. The Hall–Kier alpha value is -1.48. The van der Waals surface area contributed by atoms with E-state index in [9.17, 15) is 4.79 Å². The van der Waals surface area contributed by atoms with Crippen LogP contribution in [0.5, 0.6) is 0 Å². The van der Waals surface area contributed by atoms with Gasteiger partial charge in [0, 0.05) is 5.56 Å². The van der Waals surface area contributed by atoms with E-state index in [-0.39, 0.29) is 5.91 Å². The second kappa shape index (κ2) is 3.11. The van der Waals surface area contributed by atoms with Crippen molar-refractivity contribution in [1.29, 1.82) is 0 Å². The Kier molecular flexibility index (Phi) is 1.94. The molecule has 1 amide bonds. The van der Waals surface area contributed by atoms with Crippen LogP contribution in [0.15, 0.2) is 28.2 Å². The van der Waals surface area contributed by atoms with Crippen LogP contribution in [0, 0.1) is 6.07 Å². The Balaban J connectivity index is 2.48. The highest BCUT2D eigenvalue weighted by molar-refractivity contribution is 6.40. The van der Waals surface area contributed by atoms with E-state index in [1.54, 1.807) is 18.2 Å². The second-order valence-electron chi connectivity index (χ2n) is 2.44. The van der Waals surface area contributed by atoms with Crippen LogP contribution in [0.1, 0.15) is 5.56 Å². The van der Waals surface area contributed by atoms with Gasteiger partial charge in [0.25, 0.3) is 5.91 Å². The number of nitrogens with zero attached hydrogens (tertiary/aromatic N) is 2. The van der Waals surface area contributed by atoms with Crippen molar-refractivity contribution in [2.45, 2.75) is 0 Å². The van der Waals surface area contributed by atoms with E-state index < -0.39 is 0 Å². The number of hydrogen-bond donors (Lipinski definition) is 0. The van der Waals surface area contributed by atoms with Crippen LogP contribution in [-0.2, 0) is 4.79 Å². The first-order chi connectivity index (χ1) is 6.27. The zero-order valence-electron chi connectivity index (χ0n) is 6.49. The zero-order chi connectivity index (χ0) is 9.26. The van der Waals surface area contributed by atoms with Crippen LogP contribution in [0.3, 0.4) is 0 Å². The molecule has 2 rings (SSSR count). The fourth-order valence-electron chi connectivity index (χ4n) is 1.000. The van der Waals surface area contributed by atoms with Crippen molar-refractivity contribution < 1.29 is 4.79 Å². The fourth-order valence-corrected chi connectivity index (χ4v) is 1.21. The molecule has 0 saturated carbocycles. The number of hydrogen-bond acceptors (Lipinski definition) is 2. The molecule has 63 valence electrons. The van der Waals surface area contributed by atoms with Crippen LogP contribution in [0.4, 0.5) is 0 Å². The van der Waals surface area contributed by atoms with Gasteiger partial charge in [0.15, 0.2) is 5.84 Å². The summed E-state index contributed by atoms with van der Waals surface area (Å²) in [6.45, 7) is 0. The van der Waals surface area contributed by atoms with Gasteiger partial charge in [0.1, 0.15) is 0 Å². The number of carbonyl (C=O) groups excluding carboxylic acids is 1. The molecule has 1 aromatic carbocycles. The minimum absolute atomic E-state index is 0.348. The summed E-state index contributed by atoms with van der Waals surface area (Å²) in [5, 5.41) is 0.494. The van der Waals surface area contributed by atoms with Gasteiger partial charge in [-0.15, -0.1) is 0 Å². The minimum Gasteiger partial charge on any atom is -0.266 e. The van der Waals surface area contributed by atoms with E-state index in [0.29, 0.717) is 16.4 Å². The third-order valence-corrected chi connectivity index (χ3v) is 1.88. The smallest absolute Gasteiger partial charge is 0.266 e. The van der Waals surface area contributed by atoms with Gasteiger partial charge in [-0.25, -0.2) is 4.99 Å². The third-order valence-electron chi connectivity index (χ3n) is 1.57. The van der Waals surface area contributed by atoms with Crippen molar-refractivity contribution in [3.05, 3.63) is 34.9 Å². The molecule has 1 radical (unpaired) electrons. The molecule has 1 aromatic rings. The lowest BCUT2D eigenvalue weighted by Crippen LogP contribution is -1.95. The van der Waals surface area contributed by atoms with Gasteiger partial charge in [0.2, 0.25) is 0 Å². The van der Waals surface area contributed by atoms with E-state index in [1.165, 1.54) is 6.21 Å². The first kappa shape index (κ1) is 8.13. The Morgan fingerprint density at radius 1 is 1.46 bits per heavy atom. The van der Waals surface area contributed by atoms with Crippen LogP contribution in [-0.4, -0.2) is 18.0 Å².